The molecule has 2 aromatic rings. The Balaban J connectivity index is 1.84. The van der Waals surface area contributed by atoms with Crippen molar-refractivity contribution in [3.63, 3.8) is 0 Å². The van der Waals surface area contributed by atoms with E-state index < -0.39 is 34.4 Å². The van der Waals surface area contributed by atoms with Gasteiger partial charge in [-0.1, -0.05) is 19.3 Å². The van der Waals surface area contributed by atoms with E-state index in [0.717, 1.165) is 50.4 Å². The first-order chi connectivity index (χ1) is 14.1. The molecule has 162 valence electrons. The number of aromatic nitrogens is 3. The number of amides is 1. The summed E-state index contributed by atoms with van der Waals surface area (Å²) in [4.78, 5) is 33.9. The molecule has 0 aromatic carbocycles. The predicted molar refractivity (Wildman–Crippen MR) is 104 cm³/mol. The maximum atomic E-state index is 12.7. The molecular weight excluding hydrogens is 403 g/mol. The van der Waals surface area contributed by atoms with Gasteiger partial charge in [0.15, 0.2) is 5.82 Å². The lowest BCUT2D eigenvalue weighted by molar-refractivity contribution is -0.141. The first-order valence-corrected chi connectivity index (χ1v) is 9.35. The molecule has 1 fully saturated rings. The van der Waals surface area contributed by atoms with Crippen LogP contribution in [0.25, 0.3) is 0 Å². The van der Waals surface area contributed by atoms with Crippen molar-refractivity contribution in [2.24, 2.45) is 11.5 Å². The predicted octanol–water partition coefficient (Wildman–Crippen LogP) is 2.10. The number of pyridine rings is 1. The number of hydrogen-bond donors (Lipinski definition) is 5. The number of primary amides is 1. The average Bonchev–Trinajstić information content (AvgIpc) is 2.66. The fraction of sp³-hybridized carbons (Fsp3) is 0.444. The Bertz CT molecular complexity index is 967. The number of nitrogens with one attached hydrogen (secondary N) is 3. The van der Waals surface area contributed by atoms with E-state index in [2.05, 4.69) is 25.6 Å². The Morgan fingerprint density at radius 2 is 1.93 bits per heavy atom. The topological polar surface area (TPSA) is 152 Å². The largest absolute Gasteiger partial charge is 0.433 e. The highest BCUT2D eigenvalue weighted by molar-refractivity contribution is 5.98. The maximum Gasteiger partial charge on any atom is 0.433 e. The van der Waals surface area contributed by atoms with Crippen molar-refractivity contribution >= 4 is 23.4 Å². The minimum absolute atomic E-state index is 0.0581. The number of carbonyl (C=O) groups excluding carboxylic acids is 1. The van der Waals surface area contributed by atoms with Gasteiger partial charge in [-0.2, -0.15) is 18.2 Å². The smallest absolute Gasteiger partial charge is 0.365 e. The molecule has 0 atom stereocenters. The number of halogens is 3. The van der Waals surface area contributed by atoms with Crippen LogP contribution in [0, 0.1) is 0 Å². The van der Waals surface area contributed by atoms with Crippen LogP contribution in [0.2, 0.25) is 0 Å². The molecular formula is C18H22F3N7O2. The van der Waals surface area contributed by atoms with Crippen molar-refractivity contribution in [3.8, 4) is 0 Å². The first-order valence-electron chi connectivity index (χ1n) is 9.35. The van der Waals surface area contributed by atoms with Crippen LogP contribution in [-0.2, 0) is 6.18 Å². The van der Waals surface area contributed by atoms with Gasteiger partial charge in [0.25, 0.3) is 11.5 Å². The second-order valence-electron chi connectivity index (χ2n) is 7.33. The van der Waals surface area contributed by atoms with E-state index in [1.54, 1.807) is 0 Å². The van der Waals surface area contributed by atoms with Crippen molar-refractivity contribution in [3.05, 3.63) is 39.9 Å². The Morgan fingerprint density at radius 3 is 2.50 bits per heavy atom. The van der Waals surface area contributed by atoms with E-state index in [1.807, 2.05) is 0 Å². The van der Waals surface area contributed by atoms with Crippen LogP contribution in [0.15, 0.2) is 23.1 Å². The van der Waals surface area contributed by atoms with Gasteiger partial charge in [-0.25, -0.2) is 4.98 Å². The minimum Gasteiger partial charge on any atom is -0.365 e. The Hall–Kier alpha value is -3.15. The van der Waals surface area contributed by atoms with Gasteiger partial charge < -0.3 is 22.1 Å². The Morgan fingerprint density at radius 1 is 1.23 bits per heavy atom. The van der Waals surface area contributed by atoms with Crippen LogP contribution in [0.1, 0.15) is 48.2 Å². The molecule has 12 heteroatoms. The fourth-order valence-corrected chi connectivity index (χ4v) is 3.34. The van der Waals surface area contributed by atoms with Crippen molar-refractivity contribution < 1.29 is 18.0 Å². The van der Waals surface area contributed by atoms with Crippen molar-refractivity contribution in [1.29, 1.82) is 0 Å². The zero-order valence-corrected chi connectivity index (χ0v) is 16.0. The maximum absolute atomic E-state index is 12.7. The van der Waals surface area contributed by atoms with Gasteiger partial charge in [0.05, 0.1) is 11.9 Å². The summed E-state index contributed by atoms with van der Waals surface area (Å²) in [6, 6.07) is 1.87. The molecule has 1 aliphatic carbocycles. The van der Waals surface area contributed by atoms with E-state index in [4.69, 9.17) is 11.5 Å². The van der Waals surface area contributed by atoms with Gasteiger partial charge in [-0.05, 0) is 25.0 Å². The Kier molecular flexibility index (Phi) is 5.97. The number of nitrogens with two attached hydrogens (primary N) is 2. The van der Waals surface area contributed by atoms with E-state index in [9.17, 15) is 22.8 Å². The summed E-state index contributed by atoms with van der Waals surface area (Å²) in [5.74, 6) is -1.19. The highest BCUT2D eigenvalue weighted by atomic mass is 19.4. The molecule has 2 aromatic heterocycles. The molecule has 0 aliphatic heterocycles. The molecule has 0 unspecified atom stereocenters. The third-order valence-electron chi connectivity index (χ3n) is 4.94. The molecule has 0 bridgehead atoms. The number of carbonyl (C=O) groups is 1. The molecule has 3 rings (SSSR count). The summed E-state index contributed by atoms with van der Waals surface area (Å²) in [5, 5.41) is 5.60. The highest BCUT2D eigenvalue weighted by Crippen LogP contribution is 2.29. The molecule has 2 heterocycles. The quantitative estimate of drug-likeness (QED) is 0.475. The number of aromatic amines is 1. The van der Waals surface area contributed by atoms with Crippen LogP contribution < -0.4 is 27.7 Å². The molecule has 30 heavy (non-hydrogen) atoms. The molecule has 1 saturated carbocycles. The summed E-state index contributed by atoms with van der Waals surface area (Å²) in [7, 11) is 0. The molecule has 1 aliphatic rings. The average molecular weight is 425 g/mol. The van der Waals surface area contributed by atoms with Crippen LogP contribution >= 0.6 is 0 Å². The molecule has 0 radical (unpaired) electrons. The number of nitrogens with zero attached hydrogens (tertiary/aromatic N) is 2. The minimum atomic E-state index is -4.59. The lowest BCUT2D eigenvalue weighted by Gasteiger charge is -2.33. The third kappa shape index (κ3) is 5.06. The zero-order chi connectivity index (χ0) is 21.9. The monoisotopic (exact) mass is 425 g/mol. The highest BCUT2D eigenvalue weighted by Gasteiger charge is 2.32. The number of hydrogen-bond acceptors (Lipinski definition) is 7. The van der Waals surface area contributed by atoms with Gasteiger partial charge in [0.1, 0.15) is 11.3 Å². The summed E-state index contributed by atoms with van der Waals surface area (Å²) in [6.07, 6.45) is 1.12. The van der Waals surface area contributed by atoms with E-state index in [0.29, 0.717) is 6.54 Å². The van der Waals surface area contributed by atoms with Crippen LogP contribution in [0.3, 0.4) is 0 Å². The lowest BCUT2D eigenvalue weighted by Crippen LogP contribution is -2.48. The molecule has 1 amide bonds. The number of H-pyrrole nitrogens is 1. The van der Waals surface area contributed by atoms with Crippen molar-refractivity contribution in [2.75, 3.05) is 17.2 Å². The van der Waals surface area contributed by atoms with Gasteiger partial charge >= 0.3 is 6.18 Å². The molecule has 0 spiro atoms. The van der Waals surface area contributed by atoms with E-state index >= 15 is 0 Å². The molecule has 9 nitrogen and oxygen atoms in total. The van der Waals surface area contributed by atoms with Gasteiger partial charge in [0.2, 0.25) is 5.95 Å². The normalized spacial score (nSPS) is 16.1. The van der Waals surface area contributed by atoms with Gasteiger partial charge in [-0.3, -0.25) is 14.6 Å². The summed E-state index contributed by atoms with van der Waals surface area (Å²) in [5.41, 5.74) is 8.95. The Labute approximate surface area is 169 Å². The number of alkyl halides is 3. The summed E-state index contributed by atoms with van der Waals surface area (Å²) < 4.78 is 38.0. The zero-order valence-electron chi connectivity index (χ0n) is 16.0. The summed E-state index contributed by atoms with van der Waals surface area (Å²) >= 11 is 0. The molecule has 7 N–H and O–H groups in total. The second kappa shape index (κ2) is 8.30. The van der Waals surface area contributed by atoms with E-state index in [-0.39, 0.29) is 17.5 Å². The van der Waals surface area contributed by atoms with Gasteiger partial charge in [0, 0.05) is 12.1 Å². The van der Waals surface area contributed by atoms with Crippen LogP contribution in [0.5, 0.6) is 0 Å². The SMILES string of the molecule is NC(=O)c1c(Nc2ccc(C(F)(F)F)nc2)nc(NCC2(N)CCCCC2)[nH]c1=O. The molecule has 0 saturated heterocycles. The van der Waals surface area contributed by atoms with E-state index in [1.165, 1.54) is 0 Å². The van der Waals surface area contributed by atoms with Gasteiger partial charge in [-0.15, -0.1) is 0 Å². The van der Waals surface area contributed by atoms with Crippen molar-refractivity contribution in [1.82, 2.24) is 15.0 Å². The van der Waals surface area contributed by atoms with Crippen LogP contribution in [-0.4, -0.2) is 32.9 Å². The standard InChI is InChI=1S/C18H22F3N7O2/c19-18(20,21)11-5-4-10(8-24-11)26-14-12(13(22)29)15(30)28-16(27-14)25-9-17(23)6-2-1-3-7-17/h4-5,8H,1-3,6-7,9,23H2,(H2,22,29)(H3,25,26,27,28,30). The number of rotatable bonds is 6. The third-order valence-corrected chi connectivity index (χ3v) is 4.94. The summed E-state index contributed by atoms with van der Waals surface area (Å²) in [6.45, 7) is 0.354. The number of anilines is 3. The van der Waals surface area contributed by atoms with Crippen molar-refractivity contribution in [2.45, 2.75) is 43.8 Å². The fourth-order valence-electron chi connectivity index (χ4n) is 3.34. The van der Waals surface area contributed by atoms with Crippen LogP contribution in [0.4, 0.5) is 30.6 Å². The first kappa shape index (κ1) is 21.6. The second-order valence-corrected chi connectivity index (χ2v) is 7.33. The lowest BCUT2D eigenvalue weighted by atomic mass is 9.82.